The highest BCUT2D eigenvalue weighted by Gasteiger charge is 2.43. The number of ether oxygens (including phenoxy) is 1. The Morgan fingerprint density at radius 2 is 1.09 bits per heavy atom. The summed E-state index contributed by atoms with van der Waals surface area (Å²) in [6.45, 7) is 0. The molecule has 4 nitrogen and oxygen atoms in total. The first-order valence-corrected chi connectivity index (χ1v) is 15.5. The lowest BCUT2D eigenvalue weighted by Gasteiger charge is -2.29. The standard InChI is InChI=1S/C37H27B2BrN2O2/c1-43-31-16-12-24(13-17-31)27-14-18-34-28(20-27)22-32-36(25-8-4-2-5-9-25)37(26-10-6-3-7-11-26)33-23-29-21-30(40)15-19-35(29)42-39(33)44-38(32)41-34/h2-23,41-42H,1H3. The number of halogens is 1. The van der Waals surface area contributed by atoms with E-state index in [9.17, 15) is 0 Å². The summed E-state index contributed by atoms with van der Waals surface area (Å²) in [5, 5.41) is 7.47. The molecule has 3 aliphatic rings. The highest BCUT2D eigenvalue weighted by molar-refractivity contribution is 9.10. The lowest BCUT2D eigenvalue weighted by Crippen LogP contribution is -2.43. The van der Waals surface area contributed by atoms with Crippen LogP contribution in [0.5, 0.6) is 5.75 Å². The van der Waals surface area contributed by atoms with Crippen LogP contribution >= 0.6 is 15.9 Å². The summed E-state index contributed by atoms with van der Waals surface area (Å²) >= 11 is 3.67. The minimum absolute atomic E-state index is 0.360. The van der Waals surface area contributed by atoms with Crippen molar-refractivity contribution >= 4 is 64.7 Å². The molecule has 0 aromatic heterocycles. The number of allylic oxidation sites excluding steroid dienone is 4. The number of nitrogens with one attached hydrogen (secondary N) is 2. The zero-order chi connectivity index (χ0) is 29.6. The van der Waals surface area contributed by atoms with Crippen molar-refractivity contribution in [2.75, 3.05) is 17.6 Å². The zero-order valence-corrected chi connectivity index (χ0v) is 25.6. The van der Waals surface area contributed by atoms with Crippen molar-refractivity contribution in [2.45, 2.75) is 0 Å². The number of hydrogen-bond acceptors (Lipinski definition) is 4. The van der Waals surface area contributed by atoms with Gasteiger partial charge in [-0.05, 0) is 97.9 Å². The number of benzene rings is 5. The van der Waals surface area contributed by atoms with Gasteiger partial charge in [-0.3, -0.25) is 0 Å². The zero-order valence-electron chi connectivity index (χ0n) is 24.1. The molecule has 44 heavy (non-hydrogen) atoms. The van der Waals surface area contributed by atoms with Crippen LogP contribution in [0.2, 0.25) is 0 Å². The summed E-state index contributed by atoms with van der Waals surface area (Å²) in [6.07, 6.45) is 4.58. The van der Waals surface area contributed by atoms with Gasteiger partial charge in [0, 0.05) is 15.8 Å². The maximum absolute atomic E-state index is 6.98. The van der Waals surface area contributed by atoms with Crippen LogP contribution in [-0.2, 0) is 4.57 Å². The molecule has 5 aromatic rings. The van der Waals surface area contributed by atoms with Gasteiger partial charge in [0.05, 0.1) is 7.11 Å². The molecule has 0 saturated carbocycles. The third kappa shape index (κ3) is 4.79. The quantitative estimate of drug-likeness (QED) is 0.194. The normalized spacial score (nSPS) is 15.0. The Hall–Kier alpha value is -4.71. The Morgan fingerprint density at radius 3 is 1.66 bits per heavy atom. The van der Waals surface area contributed by atoms with Crippen molar-refractivity contribution in [1.82, 2.24) is 0 Å². The first kappa shape index (κ1) is 26.9. The molecule has 0 amide bonds. The van der Waals surface area contributed by atoms with Crippen LogP contribution in [0.15, 0.2) is 137 Å². The lowest BCUT2D eigenvalue weighted by atomic mass is 9.62. The summed E-state index contributed by atoms with van der Waals surface area (Å²) < 4.78 is 13.4. The Kier molecular flexibility index (Phi) is 6.78. The Morgan fingerprint density at radius 1 is 0.568 bits per heavy atom. The molecule has 0 fully saturated rings. The van der Waals surface area contributed by atoms with Crippen molar-refractivity contribution in [3.8, 4) is 16.9 Å². The van der Waals surface area contributed by atoms with Gasteiger partial charge in [-0.25, -0.2) is 0 Å². The highest BCUT2D eigenvalue weighted by Crippen LogP contribution is 2.47. The van der Waals surface area contributed by atoms with Crippen LogP contribution in [0.4, 0.5) is 11.4 Å². The molecule has 210 valence electrons. The van der Waals surface area contributed by atoms with E-state index in [1.54, 1.807) is 7.11 Å². The topological polar surface area (TPSA) is 42.5 Å². The summed E-state index contributed by atoms with van der Waals surface area (Å²) in [4.78, 5) is 0. The second-order valence-electron chi connectivity index (χ2n) is 11.1. The molecule has 0 atom stereocenters. The smallest absolute Gasteiger partial charge is 0.436 e. The SMILES string of the molecule is COc1ccc(-c2ccc3c(c2)C=C2B(N3)OB3Nc4ccc(Br)cc4C=C3C(c3ccccc3)=C2c2ccccc2)cc1. The van der Waals surface area contributed by atoms with E-state index >= 15 is 0 Å². The van der Waals surface area contributed by atoms with Gasteiger partial charge in [0.15, 0.2) is 0 Å². The summed E-state index contributed by atoms with van der Waals surface area (Å²) in [7, 11) is 0.961. The first-order chi connectivity index (χ1) is 21.6. The predicted octanol–water partition coefficient (Wildman–Crippen LogP) is 9.14. The van der Waals surface area contributed by atoms with Crippen LogP contribution in [-0.4, -0.2) is 21.2 Å². The van der Waals surface area contributed by atoms with E-state index in [1.165, 1.54) is 0 Å². The van der Waals surface area contributed by atoms with Gasteiger partial charge in [-0.2, -0.15) is 0 Å². The molecule has 5 aromatic carbocycles. The van der Waals surface area contributed by atoms with Gasteiger partial charge in [0.2, 0.25) is 0 Å². The Labute approximate surface area is 266 Å². The van der Waals surface area contributed by atoms with E-state index in [4.69, 9.17) is 9.31 Å². The average molecular weight is 633 g/mol. The van der Waals surface area contributed by atoms with E-state index < -0.39 is 0 Å². The molecule has 3 heterocycles. The Balaban J connectivity index is 1.37. The van der Waals surface area contributed by atoms with Gasteiger partial charge >= 0.3 is 14.1 Å². The number of fused-ring (bicyclic) bond motifs is 4. The van der Waals surface area contributed by atoms with Gasteiger partial charge in [-0.1, -0.05) is 107 Å². The van der Waals surface area contributed by atoms with E-state index in [0.29, 0.717) is 0 Å². The number of methoxy groups -OCH3 is 1. The van der Waals surface area contributed by atoms with E-state index in [-0.39, 0.29) is 14.1 Å². The Bertz CT molecular complexity index is 1990. The molecular formula is C37H27B2BrN2O2. The molecule has 0 saturated heterocycles. The minimum atomic E-state index is -0.372. The maximum atomic E-state index is 6.98. The van der Waals surface area contributed by atoms with Crippen LogP contribution in [0.25, 0.3) is 34.4 Å². The molecule has 7 heteroatoms. The summed E-state index contributed by atoms with van der Waals surface area (Å²) in [5.74, 6) is 0.846. The van der Waals surface area contributed by atoms with E-state index in [0.717, 1.165) is 77.1 Å². The minimum Gasteiger partial charge on any atom is -0.497 e. The molecule has 0 bridgehead atoms. The third-order valence-electron chi connectivity index (χ3n) is 8.47. The van der Waals surface area contributed by atoms with Crippen molar-refractivity contribution in [1.29, 1.82) is 0 Å². The fraction of sp³-hybridized carbons (Fsp3) is 0.0270. The fourth-order valence-corrected chi connectivity index (χ4v) is 6.74. The monoisotopic (exact) mass is 632 g/mol. The second-order valence-corrected chi connectivity index (χ2v) is 12.0. The van der Waals surface area contributed by atoms with Crippen molar-refractivity contribution in [3.05, 3.63) is 159 Å². The number of anilines is 2. The van der Waals surface area contributed by atoms with E-state index in [2.05, 4.69) is 148 Å². The lowest BCUT2D eigenvalue weighted by molar-refractivity contribution is 0.415. The molecular weight excluding hydrogens is 606 g/mol. The maximum Gasteiger partial charge on any atom is 0.436 e. The van der Waals surface area contributed by atoms with Gasteiger partial charge in [0.25, 0.3) is 0 Å². The van der Waals surface area contributed by atoms with Crippen molar-refractivity contribution in [3.63, 3.8) is 0 Å². The summed E-state index contributed by atoms with van der Waals surface area (Å²) in [6, 6.07) is 42.4. The molecule has 0 aliphatic carbocycles. The molecule has 8 rings (SSSR count). The molecule has 0 radical (unpaired) electrons. The van der Waals surface area contributed by atoms with Crippen LogP contribution in [0.3, 0.4) is 0 Å². The molecule has 2 N–H and O–H groups in total. The third-order valence-corrected chi connectivity index (χ3v) is 8.97. The van der Waals surface area contributed by atoms with E-state index in [1.807, 2.05) is 12.1 Å². The molecule has 3 aliphatic heterocycles. The van der Waals surface area contributed by atoms with Gasteiger partial charge in [-0.15, -0.1) is 0 Å². The fourth-order valence-electron chi connectivity index (χ4n) is 6.36. The van der Waals surface area contributed by atoms with Gasteiger partial charge in [0.1, 0.15) is 5.75 Å². The average Bonchev–Trinajstić information content (AvgIpc) is 3.20. The molecule has 0 spiro atoms. The molecule has 0 unspecified atom stereocenters. The summed E-state index contributed by atoms with van der Waals surface area (Å²) in [5.41, 5.74) is 13.4. The predicted molar refractivity (Wildman–Crippen MR) is 188 cm³/mol. The van der Waals surface area contributed by atoms with Gasteiger partial charge < -0.3 is 19.8 Å². The first-order valence-electron chi connectivity index (χ1n) is 14.7. The number of hydrogen-bond donors (Lipinski definition) is 2. The van der Waals surface area contributed by atoms with Crippen LogP contribution < -0.4 is 15.2 Å². The van der Waals surface area contributed by atoms with Crippen molar-refractivity contribution in [2.24, 2.45) is 0 Å². The van der Waals surface area contributed by atoms with Crippen LogP contribution in [0.1, 0.15) is 22.3 Å². The largest absolute Gasteiger partial charge is 0.497 e. The van der Waals surface area contributed by atoms with Crippen LogP contribution in [0, 0.1) is 0 Å². The van der Waals surface area contributed by atoms with Crippen molar-refractivity contribution < 1.29 is 9.31 Å². The highest BCUT2D eigenvalue weighted by atomic mass is 79.9. The second kappa shape index (κ2) is 11.1. The number of rotatable bonds is 4.